The first-order valence-electron chi connectivity index (χ1n) is 7.22. The number of hydrogen-bond donors (Lipinski definition) is 2. The molecule has 2 heterocycles. The number of carbonyl (C=O) groups excluding carboxylic acids is 1. The van der Waals surface area contributed by atoms with Gasteiger partial charge in [0.25, 0.3) is 5.91 Å². The number of nitro groups is 1. The minimum absolute atomic E-state index is 0.00749. The average molecular weight is 321 g/mol. The van der Waals surface area contributed by atoms with E-state index < -0.39 is 4.92 Å². The molecule has 0 bridgehead atoms. The zero-order valence-corrected chi connectivity index (χ0v) is 13.0. The fourth-order valence-corrected chi connectivity index (χ4v) is 2.10. The van der Waals surface area contributed by atoms with Gasteiger partial charge < -0.3 is 11.1 Å². The van der Waals surface area contributed by atoms with Crippen molar-refractivity contribution in [2.75, 3.05) is 12.3 Å². The van der Waals surface area contributed by atoms with Crippen LogP contribution in [0.25, 0.3) is 0 Å². The molecule has 10 heteroatoms. The summed E-state index contributed by atoms with van der Waals surface area (Å²) in [7, 11) is 0. The third kappa shape index (κ3) is 3.84. The van der Waals surface area contributed by atoms with Crippen LogP contribution in [-0.4, -0.2) is 36.9 Å². The molecule has 0 unspecified atom stereocenters. The fraction of sp³-hybridized carbons (Fsp3) is 0.462. The number of hydrogen-bond acceptors (Lipinski definition) is 6. The van der Waals surface area contributed by atoms with E-state index in [-0.39, 0.29) is 17.3 Å². The molecule has 2 aromatic rings. The van der Waals surface area contributed by atoms with Crippen LogP contribution in [0.5, 0.6) is 0 Å². The summed E-state index contributed by atoms with van der Waals surface area (Å²) in [6, 6.07) is 0. The Morgan fingerprint density at radius 1 is 1.39 bits per heavy atom. The number of nitrogens with one attached hydrogen (secondary N) is 1. The molecule has 2 aromatic heterocycles. The molecule has 1 amide bonds. The van der Waals surface area contributed by atoms with Crippen LogP contribution in [0.2, 0.25) is 0 Å². The number of nitrogen functional groups attached to an aromatic ring is 1. The van der Waals surface area contributed by atoms with Crippen LogP contribution in [-0.2, 0) is 13.1 Å². The molecule has 2 rings (SSSR count). The average Bonchev–Trinajstić information content (AvgIpc) is 3.06. The zero-order valence-electron chi connectivity index (χ0n) is 13.0. The number of nitrogens with zero attached hydrogens (tertiary/aromatic N) is 5. The maximum atomic E-state index is 12.0. The predicted octanol–water partition coefficient (Wildman–Crippen LogP) is 0.718. The van der Waals surface area contributed by atoms with Gasteiger partial charge in [0.15, 0.2) is 5.69 Å². The Balaban J connectivity index is 1.83. The van der Waals surface area contributed by atoms with Crippen molar-refractivity contribution in [1.29, 1.82) is 0 Å². The number of rotatable bonds is 7. The number of aryl methyl sites for hydroxylation is 3. The van der Waals surface area contributed by atoms with Crippen LogP contribution >= 0.6 is 0 Å². The van der Waals surface area contributed by atoms with Crippen molar-refractivity contribution >= 4 is 17.3 Å². The van der Waals surface area contributed by atoms with Gasteiger partial charge in [-0.05, 0) is 20.3 Å². The van der Waals surface area contributed by atoms with Crippen LogP contribution in [0.15, 0.2) is 12.4 Å². The normalized spacial score (nSPS) is 10.7. The topological polar surface area (TPSA) is 134 Å². The molecule has 0 atom stereocenters. The lowest BCUT2D eigenvalue weighted by molar-refractivity contribution is -0.385. The van der Waals surface area contributed by atoms with Crippen molar-refractivity contribution in [3.63, 3.8) is 0 Å². The lowest BCUT2D eigenvalue weighted by Crippen LogP contribution is -2.26. The largest absolute Gasteiger partial charge is 0.396 e. The van der Waals surface area contributed by atoms with Gasteiger partial charge in [-0.25, -0.2) is 0 Å². The summed E-state index contributed by atoms with van der Waals surface area (Å²) in [5, 5.41) is 21.6. The number of nitrogens with two attached hydrogens (primary N) is 1. The smallest absolute Gasteiger partial charge is 0.309 e. The van der Waals surface area contributed by atoms with Crippen LogP contribution in [0.4, 0.5) is 11.4 Å². The first-order chi connectivity index (χ1) is 10.9. The molecule has 0 spiro atoms. The summed E-state index contributed by atoms with van der Waals surface area (Å²) in [4.78, 5) is 22.3. The second kappa shape index (κ2) is 6.90. The summed E-state index contributed by atoms with van der Waals surface area (Å²) in [6.45, 7) is 4.98. The fourth-order valence-electron chi connectivity index (χ4n) is 2.10. The molecule has 0 aromatic carbocycles. The molecule has 10 nitrogen and oxygen atoms in total. The van der Waals surface area contributed by atoms with Crippen LogP contribution in [0, 0.1) is 17.0 Å². The quantitative estimate of drug-likeness (QED) is 0.438. The highest BCUT2D eigenvalue weighted by Crippen LogP contribution is 2.15. The summed E-state index contributed by atoms with van der Waals surface area (Å²) >= 11 is 0. The summed E-state index contributed by atoms with van der Waals surface area (Å²) in [6.07, 6.45) is 3.58. The van der Waals surface area contributed by atoms with Crippen molar-refractivity contribution in [2.45, 2.75) is 33.4 Å². The Bertz CT molecular complexity index is 719. The van der Waals surface area contributed by atoms with Gasteiger partial charge in [0, 0.05) is 25.8 Å². The lowest BCUT2D eigenvalue weighted by Gasteiger charge is -2.04. The number of carbonyl (C=O) groups is 1. The molecular formula is C13H19N7O3. The van der Waals surface area contributed by atoms with E-state index in [2.05, 4.69) is 15.5 Å². The minimum atomic E-state index is -0.465. The monoisotopic (exact) mass is 321 g/mol. The van der Waals surface area contributed by atoms with E-state index >= 15 is 0 Å². The molecule has 0 aliphatic carbocycles. The van der Waals surface area contributed by atoms with Gasteiger partial charge in [0.2, 0.25) is 0 Å². The SMILES string of the molecule is CCn1cc(N)c(C(=O)NCCCn2cc([N+](=O)[O-])c(C)n2)n1. The van der Waals surface area contributed by atoms with Crippen LogP contribution < -0.4 is 11.1 Å². The van der Waals surface area contributed by atoms with Gasteiger partial charge in [-0.1, -0.05) is 0 Å². The van der Waals surface area contributed by atoms with E-state index in [4.69, 9.17) is 5.73 Å². The minimum Gasteiger partial charge on any atom is -0.396 e. The van der Waals surface area contributed by atoms with E-state index in [0.29, 0.717) is 37.4 Å². The lowest BCUT2D eigenvalue weighted by atomic mass is 10.3. The predicted molar refractivity (Wildman–Crippen MR) is 82.9 cm³/mol. The zero-order chi connectivity index (χ0) is 17.0. The molecule has 0 fully saturated rings. The maximum absolute atomic E-state index is 12.0. The molecular weight excluding hydrogens is 302 g/mol. The Labute approximate surface area is 132 Å². The molecule has 124 valence electrons. The molecule has 0 saturated heterocycles. The first kappa shape index (κ1) is 16.5. The van der Waals surface area contributed by atoms with E-state index in [9.17, 15) is 14.9 Å². The van der Waals surface area contributed by atoms with Crippen molar-refractivity contribution in [3.05, 3.63) is 33.9 Å². The van der Waals surface area contributed by atoms with Gasteiger partial charge in [-0.3, -0.25) is 24.3 Å². The molecule has 3 N–H and O–H groups in total. The summed E-state index contributed by atoms with van der Waals surface area (Å²) < 4.78 is 3.09. The van der Waals surface area contributed by atoms with Crippen molar-refractivity contribution in [1.82, 2.24) is 24.9 Å². The van der Waals surface area contributed by atoms with Crippen molar-refractivity contribution < 1.29 is 9.72 Å². The Kier molecular flexibility index (Phi) is 4.94. The Morgan fingerprint density at radius 2 is 2.13 bits per heavy atom. The van der Waals surface area contributed by atoms with Gasteiger partial charge in [0.1, 0.15) is 11.9 Å². The van der Waals surface area contributed by atoms with Gasteiger partial charge >= 0.3 is 5.69 Å². The highest BCUT2D eigenvalue weighted by atomic mass is 16.6. The Hall–Kier alpha value is -2.91. The Morgan fingerprint density at radius 3 is 2.70 bits per heavy atom. The molecule has 23 heavy (non-hydrogen) atoms. The van der Waals surface area contributed by atoms with Gasteiger partial charge in [0.05, 0.1) is 10.6 Å². The molecule has 0 aliphatic rings. The van der Waals surface area contributed by atoms with Crippen molar-refractivity contribution in [2.24, 2.45) is 0 Å². The third-order valence-corrected chi connectivity index (χ3v) is 3.30. The summed E-state index contributed by atoms with van der Waals surface area (Å²) in [5.41, 5.74) is 6.65. The van der Waals surface area contributed by atoms with E-state index in [0.717, 1.165) is 0 Å². The molecule has 0 aliphatic heterocycles. The van der Waals surface area contributed by atoms with Crippen LogP contribution in [0.1, 0.15) is 29.5 Å². The number of aromatic nitrogens is 4. The third-order valence-electron chi connectivity index (χ3n) is 3.30. The van der Waals surface area contributed by atoms with E-state index in [1.54, 1.807) is 17.8 Å². The number of anilines is 1. The highest BCUT2D eigenvalue weighted by molar-refractivity contribution is 5.96. The highest BCUT2D eigenvalue weighted by Gasteiger charge is 2.16. The van der Waals surface area contributed by atoms with Crippen LogP contribution in [0.3, 0.4) is 0 Å². The number of amides is 1. The van der Waals surface area contributed by atoms with E-state index in [1.807, 2.05) is 6.92 Å². The van der Waals surface area contributed by atoms with Crippen molar-refractivity contribution in [3.8, 4) is 0 Å². The van der Waals surface area contributed by atoms with Gasteiger partial charge in [-0.15, -0.1) is 0 Å². The second-order valence-electron chi connectivity index (χ2n) is 5.02. The first-order valence-corrected chi connectivity index (χ1v) is 7.22. The van der Waals surface area contributed by atoms with Gasteiger partial charge in [-0.2, -0.15) is 10.2 Å². The summed E-state index contributed by atoms with van der Waals surface area (Å²) in [5.74, 6) is -0.336. The molecule has 0 radical (unpaired) electrons. The maximum Gasteiger partial charge on any atom is 0.309 e. The van der Waals surface area contributed by atoms with E-state index in [1.165, 1.54) is 10.9 Å². The standard InChI is InChI=1S/C13H19N7O3/c1-3-18-7-10(14)12(17-18)13(21)15-5-4-6-19-8-11(20(22)23)9(2)16-19/h7-8H,3-6,14H2,1-2H3,(H,15,21). The second-order valence-corrected chi connectivity index (χ2v) is 5.02. The molecule has 0 saturated carbocycles.